The first-order valence-electron chi connectivity index (χ1n) is 9.38. The lowest BCUT2D eigenvalue weighted by Gasteiger charge is -2.50. The van der Waals surface area contributed by atoms with Crippen molar-refractivity contribution in [3.63, 3.8) is 0 Å². The van der Waals surface area contributed by atoms with Gasteiger partial charge in [-0.1, -0.05) is 42.5 Å². The van der Waals surface area contributed by atoms with Gasteiger partial charge in [0.05, 0.1) is 5.56 Å². The van der Waals surface area contributed by atoms with E-state index in [1.807, 2.05) is 24.3 Å². The van der Waals surface area contributed by atoms with Gasteiger partial charge in [-0.15, -0.1) is 0 Å². The Kier molecular flexibility index (Phi) is 3.86. The topological polar surface area (TPSA) is 6.48 Å². The Labute approximate surface area is 161 Å². The van der Waals surface area contributed by atoms with Gasteiger partial charge in [0.1, 0.15) is 6.17 Å². The molecule has 3 aromatic rings. The largest absolute Gasteiger partial charge is 0.416 e. The smallest absolute Gasteiger partial charge is 0.347 e. The molecule has 1 atom stereocenters. The van der Waals surface area contributed by atoms with E-state index in [4.69, 9.17) is 0 Å². The van der Waals surface area contributed by atoms with Crippen LogP contribution >= 0.6 is 0 Å². The molecule has 0 aliphatic carbocycles. The molecule has 28 heavy (non-hydrogen) atoms. The van der Waals surface area contributed by atoms with E-state index in [1.54, 1.807) is 12.1 Å². The number of halogens is 3. The summed E-state index contributed by atoms with van der Waals surface area (Å²) >= 11 is 0. The number of anilines is 2. The van der Waals surface area contributed by atoms with E-state index in [-0.39, 0.29) is 6.17 Å². The first-order valence-corrected chi connectivity index (χ1v) is 9.38. The summed E-state index contributed by atoms with van der Waals surface area (Å²) in [6.07, 6.45) is -3.38. The number of rotatable bonds is 1. The molecule has 5 heteroatoms. The quantitative estimate of drug-likeness (QED) is 0.527. The molecule has 0 amide bonds. The third-order valence-electron chi connectivity index (χ3n) is 5.71. The van der Waals surface area contributed by atoms with Gasteiger partial charge in [0, 0.05) is 24.5 Å². The van der Waals surface area contributed by atoms with Gasteiger partial charge < -0.3 is 9.80 Å². The van der Waals surface area contributed by atoms with Crippen LogP contribution in [0, 0.1) is 0 Å². The first kappa shape index (κ1) is 17.2. The minimum atomic E-state index is -4.32. The number of nitrogens with zero attached hydrogens (tertiary/aromatic N) is 2. The Morgan fingerprint density at radius 2 is 1.43 bits per heavy atom. The van der Waals surface area contributed by atoms with Crippen LogP contribution in [0.4, 0.5) is 24.5 Å². The molecular formula is C23H19F3N2. The van der Waals surface area contributed by atoms with Gasteiger partial charge in [0.2, 0.25) is 0 Å². The van der Waals surface area contributed by atoms with E-state index in [9.17, 15) is 13.2 Å². The molecule has 2 aliphatic heterocycles. The summed E-state index contributed by atoms with van der Waals surface area (Å²) in [5.41, 5.74) is 5.12. The summed E-state index contributed by atoms with van der Waals surface area (Å²) in [4.78, 5) is 4.58. The van der Waals surface area contributed by atoms with Crippen molar-refractivity contribution >= 4 is 11.4 Å². The van der Waals surface area contributed by atoms with Crippen LogP contribution in [0.3, 0.4) is 0 Å². The lowest BCUT2D eigenvalue weighted by molar-refractivity contribution is -0.137. The predicted octanol–water partition coefficient (Wildman–Crippen LogP) is 5.79. The van der Waals surface area contributed by atoms with Gasteiger partial charge in [-0.05, 0) is 53.4 Å². The lowest BCUT2D eigenvalue weighted by atomic mass is 9.92. The Morgan fingerprint density at radius 3 is 2.18 bits per heavy atom. The van der Waals surface area contributed by atoms with Gasteiger partial charge in [-0.2, -0.15) is 13.2 Å². The average Bonchev–Trinajstić information content (AvgIpc) is 2.72. The highest BCUT2D eigenvalue weighted by atomic mass is 19.4. The van der Waals surface area contributed by atoms with E-state index in [0.717, 1.165) is 18.7 Å². The van der Waals surface area contributed by atoms with Crippen molar-refractivity contribution in [2.24, 2.45) is 0 Å². The predicted molar refractivity (Wildman–Crippen MR) is 104 cm³/mol. The average molecular weight is 380 g/mol. The maximum Gasteiger partial charge on any atom is 0.416 e. The third-order valence-corrected chi connectivity index (χ3v) is 5.71. The van der Waals surface area contributed by atoms with Crippen molar-refractivity contribution in [2.75, 3.05) is 16.3 Å². The van der Waals surface area contributed by atoms with Gasteiger partial charge in [0.15, 0.2) is 0 Å². The van der Waals surface area contributed by atoms with Crippen LogP contribution < -0.4 is 9.80 Å². The number of para-hydroxylation sites is 1. The van der Waals surface area contributed by atoms with Gasteiger partial charge in [-0.25, -0.2) is 0 Å². The van der Waals surface area contributed by atoms with Crippen LogP contribution in [-0.4, -0.2) is 6.54 Å². The second kappa shape index (κ2) is 6.30. The molecule has 0 fully saturated rings. The molecule has 0 saturated carbocycles. The van der Waals surface area contributed by atoms with Crippen molar-refractivity contribution in [2.45, 2.75) is 25.3 Å². The molecule has 2 aliphatic rings. The number of alkyl halides is 3. The zero-order valence-electron chi connectivity index (χ0n) is 15.2. The zero-order chi connectivity index (χ0) is 19.3. The van der Waals surface area contributed by atoms with Gasteiger partial charge in [-0.3, -0.25) is 0 Å². The van der Waals surface area contributed by atoms with Crippen LogP contribution in [-0.2, 0) is 19.1 Å². The van der Waals surface area contributed by atoms with Crippen LogP contribution in [0.1, 0.15) is 28.4 Å². The molecule has 3 aromatic carbocycles. The SMILES string of the molecule is FC(F)(F)c1ccc(N2Cc3ccccc3N3CCc4ccccc4C23)cc1. The van der Waals surface area contributed by atoms with E-state index in [1.165, 1.54) is 34.5 Å². The lowest BCUT2D eigenvalue weighted by Crippen LogP contribution is -2.49. The molecule has 0 saturated heterocycles. The molecule has 0 aromatic heterocycles. The highest BCUT2D eigenvalue weighted by Crippen LogP contribution is 2.44. The number of hydrogen-bond donors (Lipinski definition) is 0. The molecule has 0 N–H and O–H groups in total. The Hall–Kier alpha value is -2.95. The first-order chi connectivity index (χ1) is 13.5. The molecule has 5 rings (SSSR count). The second-order valence-corrected chi connectivity index (χ2v) is 7.32. The molecule has 1 unspecified atom stereocenters. The number of benzene rings is 3. The summed E-state index contributed by atoms with van der Waals surface area (Å²) in [6, 6.07) is 22.2. The monoisotopic (exact) mass is 380 g/mol. The maximum atomic E-state index is 13.0. The summed E-state index contributed by atoms with van der Waals surface area (Å²) in [5, 5.41) is 0. The summed E-state index contributed by atoms with van der Waals surface area (Å²) < 4.78 is 39.0. The minimum Gasteiger partial charge on any atom is -0.347 e. The van der Waals surface area contributed by atoms with Crippen molar-refractivity contribution < 1.29 is 13.2 Å². The molecule has 142 valence electrons. The highest BCUT2D eigenvalue weighted by Gasteiger charge is 2.37. The van der Waals surface area contributed by atoms with Crippen molar-refractivity contribution in [3.8, 4) is 0 Å². The second-order valence-electron chi connectivity index (χ2n) is 7.32. The maximum absolute atomic E-state index is 13.0. The number of hydrogen-bond acceptors (Lipinski definition) is 2. The molecule has 0 radical (unpaired) electrons. The molecular weight excluding hydrogens is 361 g/mol. The van der Waals surface area contributed by atoms with Crippen molar-refractivity contribution in [3.05, 3.63) is 95.1 Å². The third kappa shape index (κ3) is 2.73. The molecule has 2 heterocycles. The van der Waals surface area contributed by atoms with Crippen LogP contribution in [0.15, 0.2) is 72.8 Å². The molecule has 0 spiro atoms. The van der Waals surface area contributed by atoms with E-state index >= 15 is 0 Å². The van der Waals surface area contributed by atoms with E-state index in [0.29, 0.717) is 6.54 Å². The fourth-order valence-electron chi connectivity index (χ4n) is 4.40. The van der Waals surface area contributed by atoms with Crippen LogP contribution in [0.25, 0.3) is 0 Å². The summed E-state index contributed by atoms with van der Waals surface area (Å²) in [5.74, 6) is 0. The van der Waals surface area contributed by atoms with E-state index < -0.39 is 11.7 Å². The zero-order valence-corrected chi connectivity index (χ0v) is 15.2. The number of fused-ring (bicyclic) bond motifs is 5. The van der Waals surface area contributed by atoms with Gasteiger partial charge in [0.25, 0.3) is 0 Å². The van der Waals surface area contributed by atoms with Crippen LogP contribution in [0.5, 0.6) is 0 Å². The van der Waals surface area contributed by atoms with Crippen LogP contribution in [0.2, 0.25) is 0 Å². The normalized spacial score (nSPS) is 18.3. The highest BCUT2D eigenvalue weighted by molar-refractivity contribution is 5.66. The Balaban J connectivity index is 1.63. The Bertz CT molecular complexity index is 1010. The standard InChI is InChI=1S/C23H19F3N2/c24-23(25,26)18-9-11-19(12-10-18)28-15-17-6-2-4-8-21(17)27-14-13-16-5-1-3-7-20(16)22(27)28/h1-12,22H,13-15H2. The Morgan fingerprint density at radius 1 is 0.750 bits per heavy atom. The minimum absolute atomic E-state index is 0.0170. The summed E-state index contributed by atoms with van der Waals surface area (Å²) in [6.45, 7) is 1.55. The molecule has 0 bridgehead atoms. The fourth-order valence-corrected chi connectivity index (χ4v) is 4.40. The van der Waals surface area contributed by atoms with Crippen molar-refractivity contribution in [1.82, 2.24) is 0 Å². The van der Waals surface area contributed by atoms with Crippen molar-refractivity contribution in [1.29, 1.82) is 0 Å². The summed E-state index contributed by atoms with van der Waals surface area (Å²) in [7, 11) is 0. The van der Waals surface area contributed by atoms with E-state index in [2.05, 4.69) is 34.1 Å². The molecule has 2 nitrogen and oxygen atoms in total. The fraction of sp³-hybridized carbons (Fsp3) is 0.217. The van der Waals surface area contributed by atoms with Gasteiger partial charge >= 0.3 is 6.18 Å².